The predicted molar refractivity (Wildman–Crippen MR) is 302 cm³/mol. The smallest absolute Gasteiger partial charge is 0.252 e. The van der Waals surface area contributed by atoms with Gasteiger partial charge in [-0.05, 0) is 170 Å². The molecule has 1 aromatic rings. The van der Waals surface area contributed by atoms with Gasteiger partial charge in [0.05, 0.1) is 50.6 Å². The fourth-order valence-electron chi connectivity index (χ4n) is 5.97. The van der Waals surface area contributed by atoms with Crippen molar-refractivity contribution in [1.29, 1.82) is 5.53 Å². The molecule has 73 heavy (non-hydrogen) atoms. The number of hydrogen-bond donors (Lipinski definition) is 13. The molecule has 1 aromatic heterocycles. The first-order valence-electron chi connectivity index (χ1n) is 25.6. The minimum atomic E-state index is -0.407. The second-order valence-electron chi connectivity index (χ2n) is 24.5. The van der Waals surface area contributed by atoms with Crippen molar-refractivity contribution in [3.63, 3.8) is 0 Å². The third kappa shape index (κ3) is 32.6. The van der Waals surface area contributed by atoms with Crippen molar-refractivity contribution in [1.82, 2.24) is 52.4 Å². The maximum absolute atomic E-state index is 11.8. The fourth-order valence-corrected chi connectivity index (χ4v) is 5.97. The van der Waals surface area contributed by atoms with Gasteiger partial charge in [-0.15, -0.1) is 5.11 Å². The van der Waals surface area contributed by atoms with E-state index in [0.29, 0.717) is 53.9 Å². The number of carbonyl (C=O) groups is 1. The number of amides is 1. The van der Waals surface area contributed by atoms with Gasteiger partial charge >= 0.3 is 0 Å². The number of nitrogens with zero attached hydrogens (tertiary/aromatic N) is 7. The van der Waals surface area contributed by atoms with Crippen LogP contribution in [0.4, 0.5) is 5.82 Å². The Morgan fingerprint density at radius 3 is 1.18 bits per heavy atom. The van der Waals surface area contributed by atoms with Gasteiger partial charge in [-0.1, -0.05) is 27.5 Å². The molecule has 0 aliphatic rings. The highest BCUT2D eigenvalue weighted by atomic mass is 16.4. The predicted octanol–water partition coefficient (Wildman–Crippen LogP) is 7.18. The SMILES string of the molecule is C/C(=N\O)C(C)(C)NCC(C)(CNC(C)(C)C)CNC(C)(C)/C(C)=N/O.C/C(=N\O)C(C)(C)NCCN(CCNC(C)(C)C)CCNC(C)(C)/C(C)=N/O.CC(C)(C)NCCCNC(=O)c1ccc(N=N)nc1. The van der Waals surface area contributed by atoms with Crippen LogP contribution in [-0.4, -0.2) is 170 Å². The number of pyridine rings is 1. The molecule has 0 saturated carbocycles. The molecule has 1 heterocycles. The standard InChI is InChI=1S/C20H44N6O2.C19H41N5O2.C13H21N5O/c1-16(24-27)19(6,7)22-11-14-26(13-10-21-18(3,4)5)15-12-23-20(8,9)17(2)25-28;1-14(23-25)17(6,7)21-12-19(10,11-20-16(3,4)5)13-22-18(8,9)15(2)24-26;1-13(2,3)17-8-4-7-15-12(19)10-5-6-11(18-14)16-9-10/h21-23,27-28H,10-15H2,1-9H3;20-22,25-26H,11-13H2,1-10H3;5-6,9,14,17H,4,7-8H2,1-3H3,(H,15,19)/b24-16+,25-17+;23-14+,24-15+;. The quantitative estimate of drug-likeness (QED) is 0.0124. The van der Waals surface area contributed by atoms with Crippen molar-refractivity contribution in [2.75, 3.05) is 72.0 Å². The van der Waals surface area contributed by atoms with Crippen LogP contribution in [0, 0.1) is 10.9 Å². The molecule has 21 nitrogen and oxygen atoms in total. The molecular formula is C52H106N16O5. The maximum atomic E-state index is 11.8. The second kappa shape index (κ2) is 32.3. The Morgan fingerprint density at radius 2 is 0.849 bits per heavy atom. The molecule has 1 amide bonds. The first-order valence-corrected chi connectivity index (χ1v) is 25.6. The van der Waals surface area contributed by atoms with Crippen LogP contribution in [-0.2, 0) is 0 Å². The largest absolute Gasteiger partial charge is 0.411 e. The fraction of sp³-hybridized carbons (Fsp3) is 0.808. The summed E-state index contributed by atoms with van der Waals surface area (Å²) in [5, 5.41) is 80.0. The first-order chi connectivity index (χ1) is 33.3. The molecule has 0 atom stereocenters. The Labute approximate surface area is 441 Å². The highest BCUT2D eigenvalue weighted by Gasteiger charge is 2.33. The molecule has 424 valence electrons. The molecule has 0 fully saturated rings. The zero-order chi connectivity index (χ0) is 57.1. The third-order valence-corrected chi connectivity index (χ3v) is 12.7. The lowest BCUT2D eigenvalue weighted by atomic mass is 9.85. The summed E-state index contributed by atoms with van der Waals surface area (Å²) in [6.07, 6.45) is 2.30. The summed E-state index contributed by atoms with van der Waals surface area (Å²) in [6.45, 7) is 53.6. The Balaban J connectivity index is 0. The lowest BCUT2D eigenvalue weighted by Gasteiger charge is -2.39. The number of carbonyl (C=O) groups excluding carboxylic acids is 1. The van der Waals surface area contributed by atoms with Crippen molar-refractivity contribution in [2.24, 2.45) is 31.2 Å². The zero-order valence-electron chi connectivity index (χ0n) is 49.5. The normalized spacial score (nSPS) is 14.7. The van der Waals surface area contributed by atoms with Crippen molar-refractivity contribution >= 4 is 34.6 Å². The van der Waals surface area contributed by atoms with Gasteiger partial charge in [0.1, 0.15) is 0 Å². The van der Waals surface area contributed by atoms with Gasteiger partial charge < -0.3 is 63.4 Å². The lowest BCUT2D eigenvalue weighted by molar-refractivity contribution is 0.0952. The van der Waals surface area contributed by atoms with E-state index in [2.05, 4.69) is 147 Å². The van der Waals surface area contributed by atoms with Crippen LogP contribution in [0.15, 0.2) is 44.1 Å². The highest BCUT2D eigenvalue weighted by Crippen LogP contribution is 2.20. The number of oxime groups is 4. The molecule has 0 spiro atoms. The van der Waals surface area contributed by atoms with Crippen molar-refractivity contribution in [2.45, 2.75) is 198 Å². The number of nitrogens with one attached hydrogen (secondary N) is 9. The Hall–Kier alpha value is -4.22. The topological polar surface area (TPSA) is 296 Å². The summed E-state index contributed by atoms with van der Waals surface area (Å²) in [5.74, 6) is 0.144. The maximum Gasteiger partial charge on any atom is 0.252 e. The molecule has 13 N–H and O–H groups in total. The molecule has 0 aromatic carbocycles. The molecule has 1 rings (SSSR count). The van der Waals surface area contributed by atoms with Gasteiger partial charge in [0, 0.05) is 93.7 Å². The van der Waals surface area contributed by atoms with E-state index < -0.39 is 11.1 Å². The number of hydrogen-bond acceptors (Lipinski definition) is 20. The van der Waals surface area contributed by atoms with Crippen molar-refractivity contribution < 1.29 is 25.6 Å². The average molecular weight is 1040 g/mol. The van der Waals surface area contributed by atoms with Crippen LogP contribution in [0.5, 0.6) is 0 Å². The van der Waals surface area contributed by atoms with Gasteiger partial charge in [-0.3, -0.25) is 9.69 Å². The van der Waals surface area contributed by atoms with E-state index in [-0.39, 0.29) is 39.0 Å². The molecular weight excluding hydrogens is 929 g/mol. The third-order valence-electron chi connectivity index (χ3n) is 12.7. The molecule has 0 aliphatic heterocycles. The zero-order valence-corrected chi connectivity index (χ0v) is 49.5. The van der Waals surface area contributed by atoms with Gasteiger partial charge in [0.2, 0.25) is 0 Å². The van der Waals surface area contributed by atoms with Gasteiger partial charge in [0.15, 0.2) is 5.82 Å². The molecule has 0 saturated heterocycles. The minimum Gasteiger partial charge on any atom is -0.411 e. The summed E-state index contributed by atoms with van der Waals surface area (Å²) >= 11 is 0. The van der Waals surface area contributed by atoms with Crippen LogP contribution < -0.4 is 42.5 Å². The second-order valence-corrected chi connectivity index (χ2v) is 24.5. The van der Waals surface area contributed by atoms with Crippen LogP contribution in [0.1, 0.15) is 169 Å². The highest BCUT2D eigenvalue weighted by molar-refractivity contribution is 5.94. The summed E-state index contributed by atoms with van der Waals surface area (Å²) in [7, 11) is 0. The summed E-state index contributed by atoms with van der Waals surface area (Å²) < 4.78 is 0. The first kappa shape index (κ1) is 70.9. The molecule has 0 aliphatic carbocycles. The van der Waals surface area contributed by atoms with Gasteiger partial charge in [-0.2, -0.15) is 0 Å². The van der Waals surface area contributed by atoms with E-state index in [0.717, 1.165) is 58.8 Å². The number of rotatable bonds is 29. The van der Waals surface area contributed by atoms with Crippen LogP contribution in [0.3, 0.4) is 0 Å². The lowest BCUT2D eigenvalue weighted by Crippen LogP contribution is -2.58. The van der Waals surface area contributed by atoms with Crippen molar-refractivity contribution in [3.8, 4) is 0 Å². The number of aromatic nitrogens is 1. The van der Waals surface area contributed by atoms with Gasteiger partial charge in [0.25, 0.3) is 5.91 Å². The van der Waals surface area contributed by atoms with E-state index in [1.807, 2.05) is 69.2 Å². The van der Waals surface area contributed by atoms with Crippen LogP contribution in [0.2, 0.25) is 0 Å². The van der Waals surface area contributed by atoms with Crippen LogP contribution in [0.25, 0.3) is 0 Å². The van der Waals surface area contributed by atoms with Crippen LogP contribution >= 0.6 is 0 Å². The molecule has 0 radical (unpaired) electrons. The minimum absolute atomic E-state index is 0.0112. The van der Waals surface area contributed by atoms with Gasteiger partial charge in [-0.25, -0.2) is 10.5 Å². The van der Waals surface area contributed by atoms with E-state index in [1.165, 1.54) is 6.20 Å². The Morgan fingerprint density at radius 1 is 0.507 bits per heavy atom. The molecule has 0 unspecified atom stereocenters. The van der Waals surface area contributed by atoms with Crippen molar-refractivity contribution in [3.05, 3.63) is 23.9 Å². The monoisotopic (exact) mass is 1030 g/mol. The van der Waals surface area contributed by atoms with E-state index in [9.17, 15) is 4.79 Å². The molecule has 0 bridgehead atoms. The molecule has 21 heteroatoms. The Kier molecular flexibility index (Phi) is 31.3. The Bertz CT molecular complexity index is 1790. The van der Waals surface area contributed by atoms with E-state index in [4.69, 9.17) is 26.4 Å². The summed E-state index contributed by atoms with van der Waals surface area (Å²) in [4.78, 5) is 18.0. The summed E-state index contributed by atoms with van der Waals surface area (Å²) in [5.41, 5.74) is 8.45. The summed E-state index contributed by atoms with van der Waals surface area (Å²) in [6, 6.07) is 3.16. The van der Waals surface area contributed by atoms with E-state index in [1.54, 1.807) is 26.0 Å². The average Bonchev–Trinajstić information content (AvgIpc) is 3.30. The van der Waals surface area contributed by atoms with E-state index >= 15 is 0 Å².